The third-order valence-corrected chi connectivity index (χ3v) is 9.30. The molecular weight excluding hydrogens is 492 g/mol. The molecule has 2 aliphatic heterocycles. The first-order valence-corrected chi connectivity index (χ1v) is 12.9. The molecular formula is C27H32N4O7. The summed E-state index contributed by atoms with van der Waals surface area (Å²) in [5, 5.41) is 48.7. The summed E-state index contributed by atoms with van der Waals surface area (Å²) in [6.07, 6.45) is 1.38. The SMILES string of the molecule is CN1CC2CCNC2c2cc(O)c3c(c21)C[C@H]1C[C@H]2[C@@H](N(C)C)C(=O)C(C(N)=O)=C(O)[C@@]2(O)C(=O)C1=C3O. The molecule has 3 aliphatic carbocycles. The van der Waals surface area contributed by atoms with Crippen molar-refractivity contribution in [3.05, 3.63) is 39.7 Å². The van der Waals surface area contributed by atoms with Gasteiger partial charge >= 0.3 is 0 Å². The van der Waals surface area contributed by atoms with Gasteiger partial charge in [-0.2, -0.15) is 0 Å². The Morgan fingerprint density at radius 3 is 2.61 bits per heavy atom. The molecule has 11 heteroatoms. The quantitative estimate of drug-likeness (QED) is 0.290. The number of likely N-dealkylation sites (N-methyl/N-ethyl adjacent to an activating group) is 1. The lowest BCUT2D eigenvalue weighted by atomic mass is 9.57. The van der Waals surface area contributed by atoms with Crippen LogP contribution in [0, 0.1) is 17.8 Å². The van der Waals surface area contributed by atoms with Crippen LogP contribution in [0.5, 0.6) is 5.75 Å². The van der Waals surface area contributed by atoms with Gasteiger partial charge in [0.05, 0.1) is 11.6 Å². The number of nitrogens with two attached hydrogens (primary N) is 1. The number of hydrogen-bond acceptors (Lipinski definition) is 10. The maximum absolute atomic E-state index is 14.0. The van der Waals surface area contributed by atoms with Gasteiger partial charge in [-0.25, -0.2) is 0 Å². The topological polar surface area (TPSA) is 177 Å². The van der Waals surface area contributed by atoms with Crippen molar-refractivity contribution in [2.75, 3.05) is 39.1 Å². The van der Waals surface area contributed by atoms with Crippen LogP contribution in [-0.2, 0) is 20.8 Å². The third kappa shape index (κ3) is 2.97. The number of rotatable bonds is 2. The van der Waals surface area contributed by atoms with Crippen molar-refractivity contribution in [1.29, 1.82) is 0 Å². The van der Waals surface area contributed by atoms with Crippen LogP contribution in [0.15, 0.2) is 23.0 Å². The molecule has 2 unspecified atom stereocenters. The number of carbonyl (C=O) groups excluding carboxylic acids is 3. The van der Waals surface area contributed by atoms with Crippen LogP contribution >= 0.6 is 0 Å². The van der Waals surface area contributed by atoms with Crippen LogP contribution in [0.3, 0.4) is 0 Å². The van der Waals surface area contributed by atoms with Crippen LogP contribution in [0.4, 0.5) is 5.69 Å². The first-order chi connectivity index (χ1) is 17.9. The minimum Gasteiger partial charge on any atom is -0.508 e. The average Bonchev–Trinajstić information content (AvgIpc) is 3.29. The molecule has 7 N–H and O–H groups in total. The molecule has 2 heterocycles. The summed E-state index contributed by atoms with van der Waals surface area (Å²) in [6, 6.07) is 0.606. The number of carbonyl (C=O) groups is 3. The molecule has 6 atom stereocenters. The smallest absolute Gasteiger partial charge is 0.255 e. The van der Waals surface area contributed by atoms with Crippen molar-refractivity contribution in [1.82, 2.24) is 10.2 Å². The summed E-state index contributed by atoms with van der Waals surface area (Å²) in [7, 11) is 5.14. The Labute approximate surface area is 219 Å². The van der Waals surface area contributed by atoms with Crippen molar-refractivity contribution in [3.8, 4) is 5.75 Å². The van der Waals surface area contributed by atoms with E-state index in [1.807, 2.05) is 7.05 Å². The number of phenols is 1. The Kier molecular flexibility index (Phi) is 5.27. The van der Waals surface area contributed by atoms with Gasteiger partial charge in [0.1, 0.15) is 22.8 Å². The number of aliphatic hydroxyl groups excluding tert-OH is 2. The largest absolute Gasteiger partial charge is 0.508 e. The number of amides is 1. The summed E-state index contributed by atoms with van der Waals surface area (Å²) in [5.41, 5.74) is 4.46. The van der Waals surface area contributed by atoms with E-state index in [2.05, 4.69) is 10.2 Å². The highest BCUT2D eigenvalue weighted by Gasteiger charge is 2.64. The number of fused-ring (bicyclic) bond motifs is 7. The normalized spacial score (nSPS) is 34.1. The fourth-order valence-electron chi connectivity index (χ4n) is 7.78. The molecule has 0 radical (unpaired) electrons. The highest BCUT2D eigenvalue weighted by molar-refractivity contribution is 6.24. The van der Waals surface area contributed by atoms with E-state index < -0.39 is 58.0 Å². The number of aliphatic hydroxyl groups is 3. The monoisotopic (exact) mass is 524 g/mol. The summed E-state index contributed by atoms with van der Waals surface area (Å²) >= 11 is 0. The first kappa shape index (κ1) is 24.9. The van der Waals surface area contributed by atoms with E-state index in [0.717, 1.165) is 30.8 Å². The molecule has 1 saturated heterocycles. The minimum absolute atomic E-state index is 0.0736. The molecule has 0 spiro atoms. The highest BCUT2D eigenvalue weighted by atomic mass is 16.3. The second-order valence-corrected chi connectivity index (χ2v) is 11.5. The van der Waals surface area contributed by atoms with Gasteiger partial charge in [0.2, 0.25) is 5.78 Å². The summed E-state index contributed by atoms with van der Waals surface area (Å²) < 4.78 is 0. The summed E-state index contributed by atoms with van der Waals surface area (Å²) in [5.74, 6) is -6.02. The predicted molar refractivity (Wildman–Crippen MR) is 136 cm³/mol. The molecule has 1 aromatic rings. The fourth-order valence-corrected chi connectivity index (χ4v) is 7.78. The zero-order valence-corrected chi connectivity index (χ0v) is 21.5. The van der Waals surface area contributed by atoms with Crippen molar-refractivity contribution < 1.29 is 34.8 Å². The summed E-state index contributed by atoms with van der Waals surface area (Å²) in [4.78, 5) is 42.9. The predicted octanol–water partition coefficient (Wildman–Crippen LogP) is 0.0644. The van der Waals surface area contributed by atoms with Gasteiger partial charge in [0.25, 0.3) is 5.91 Å². The van der Waals surface area contributed by atoms with E-state index in [1.54, 1.807) is 20.2 Å². The van der Waals surface area contributed by atoms with Crippen molar-refractivity contribution >= 4 is 28.9 Å². The number of Topliss-reactive ketones (excluding diaryl/α,β-unsaturated/α-hetero) is 2. The molecule has 0 bridgehead atoms. The third-order valence-electron chi connectivity index (χ3n) is 9.30. The molecule has 38 heavy (non-hydrogen) atoms. The number of phenolic OH excluding ortho intramolecular Hbond substituents is 1. The number of aromatic hydroxyl groups is 1. The maximum atomic E-state index is 14.0. The van der Waals surface area contributed by atoms with E-state index >= 15 is 0 Å². The summed E-state index contributed by atoms with van der Waals surface area (Å²) in [6.45, 7) is 1.67. The van der Waals surface area contributed by atoms with Crippen LogP contribution in [0.1, 0.15) is 35.6 Å². The zero-order chi connectivity index (χ0) is 27.4. The molecule has 1 aromatic carbocycles. The lowest BCUT2D eigenvalue weighted by Gasteiger charge is -2.50. The van der Waals surface area contributed by atoms with Gasteiger partial charge in [-0.3, -0.25) is 19.3 Å². The number of benzene rings is 1. The molecule has 11 nitrogen and oxygen atoms in total. The van der Waals surface area contributed by atoms with Gasteiger partial charge in [0.15, 0.2) is 11.4 Å². The van der Waals surface area contributed by atoms with Gasteiger partial charge in [0, 0.05) is 36.8 Å². The van der Waals surface area contributed by atoms with Gasteiger partial charge in [-0.05, 0) is 68.9 Å². The number of anilines is 1. The van der Waals surface area contributed by atoms with Crippen LogP contribution in [0.2, 0.25) is 0 Å². The standard InChI is InChI=1S/C27H32N4O7/c1-30(2)21-14-7-11-6-12-17(15(32)8-13-19-10(4-5-29-19)9-31(3)20(12)13)22(33)16(11)24(35)27(14,38)25(36)18(23(21)34)26(28)37/h8,10-11,14,19,21,29,32-33,36,38H,4-7,9H2,1-3H3,(H2,28,37)/t10?,11-,14-,19?,21+,27-/m0/s1. The van der Waals surface area contributed by atoms with Crippen molar-refractivity contribution in [2.24, 2.45) is 23.5 Å². The Hall–Kier alpha value is -3.41. The molecule has 0 aromatic heterocycles. The average molecular weight is 525 g/mol. The van der Waals surface area contributed by atoms with Crippen LogP contribution in [-0.4, -0.2) is 88.7 Å². The zero-order valence-electron chi connectivity index (χ0n) is 21.5. The lowest BCUT2D eigenvalue weighted by molar-refractivity contribution is -0.153. The Morgan fingerprint density at radius 2 is 1.95 bits per heavy atom. The van der Waals surface area contributed by atoms with E-state index in [0.29, 0.717) is 11.5 Å². The molecule has 2 fully saturated rings. The van der Waals surface area contributed by atoms with Gasteiger partial charge < -0.3 is 36.4 Å². The van der Waals surface area contributed by atoms with E-state index in [9.17, 15) is 34.8 Å². The van der Waals surface area contributed by atoms with Crippen LogP contribution < -0.4 is 16.0 Å². The second kappa shape index (κ2) is 8.05. The molecule has 1 amide bonds. The maximum Gasteiger partial charge on any atom is 0.255 e. The van der Waals surface area contributed by atoms with E-state index in [-0.39, 0.29) is 35.8 Å². The lowest BCUT2D eigenvalue weighted by Crippen LogP contribution is -2.65. The number of primary amides is 1. The van der Waals surface area contributed by atoms with Gasteiger partial charge in [-0.1, -0.05) is 0 Å². The molecule has 1 saturated carbocycles. The van der Waals surface area contributed by atoms with E-state index in [4.69, 9.17) is 5.73 Å². The molecule has 6 rings (SSSR count). The second-order valence-electron chi connectivity index (χ2n) is 11.5. The fraction of sp³-hybridized carbons (Fsp3) is 0.519. The first-order valence-electron chi connectivity index (χ1n) is 12.9. The Balaban J connectivity index is 1.56. The minimum atomic E-state index is -2.63. The highest BCUT2D eigenvalue weighted by Crippen LogP contribution is 2.55. The van der Waals surface area contributed by atoms with Crippen molar-refractivity contribution in [3.63, 3.8) is 0 Å². The number of nitrogens with one attached hydrogen (secondary N) is 1. The van der Waals surface area contributed by atoms with Gasteiger partial charge in [-0.15, -0.1) is 0 Å². The Bertz CT molecular complexity index is 1380. The van der Waals surface area contributed by atoms with Crippen LogP contribution in [0.25, 0.3) is 5.76 Å². The number of nitrogens with zero attached hydrogens (tertiary/aromatic N) is 2. The van der Waals surface area contributed by atoms with E-state index in [1.165, 1.54) is 4.90 Å². The number of hydrogen-bond donors (Lipinski definition) is 6. The molecule has 202 valence electrons. The number of ketones is 2. The Morgan fingerprint density at radius 1 is 1.24 bits per heavy atom. The van der Waals surface area contributed by atoms with Crippen molar-refractivity contribution in [2.45, 2.75) is 36.9 Å². The molecule has 5 aliphatic rings.